The molecule has 2 aromatic rings. The summed E-state index contributed by atoms with van der Waals surface area (Å²) in [5.41, 5.74) is 0.939. The van der Waals surface area contributed by atoms with E-state index in [0.717, 1.165) is 5.56 Å². The van der Waals surface area contributed by atoms with E-state index in [0.29, 0.717) is 17.3 Å². The Morgan fingerprint density at radius 2 is 2.00 bits per heavy atom. The highest BCUT2D eigenvalue weighted by Gasteiger charge is 2.09. The molecule has 0 fully saturated rings. The van der Waals surface area contributed by atoms with Gasteiger partial charge in [-0.3, -0.25) is 9.59 Å². The molecular formula is C15H17N3O4. The van der Waals surface area contributed by atoms with Crippen LogP contribution in [0.25, 0.3) is 0 Å². The van der Waals surface area contributed by atoms with Gasteiger partial charge in [-0.15, -0.1) is 0 Å². The molecule has 0 aliphatic rings. The van der Waals surface area contributed by atoms with Gasteiger partial charge in [0.15, 0.2) is 12.4 Å². The third-order valence-corrected chi connectivity index (χ3v) is 2.79. The molecule has 0 aliphatic carbocycles. The highest BCUT2D eigenvalue weighted by atomic mass is 16.5. The second-order valence-electron chi connectivity index (χ2n) is 4.70. The number of hydrogen-bond donors (Lipinski definition) is 2. The zero-order chi connectivity index (χ0) is 15.9. The molecule has 2 amide bonds. The zero-order valence-corrected chi connectivity index (χ0v) is 12.4. The van der Waals surface area contributed by atoms with Gasteiger partial charge in [-0.2, -0.15) is 0 Å². The van der Waals surface area contributed by atoms with Gasteiger partial charge in [0.25, 0.3) is 5.91 Å². The summed E-state index contributed by atoms with van der Waals surface area (Å²) in [7, 11) is 0. The molecule has 0 radical (unpaired) electrons. The fraction of sp³-hybridized carbons (Fsp3) is 0.267. The van der Waals surface area contributed by atoms with Gasteiger partial charge in [-0.25, -0.2) is 0 Å². The number of carbonyl (C=O) groups is 2. The lowest BCUT2D eigenvalue weighted by atomic mass is 10.2. The predicted octanol–water partition coefficient (Wildman–Crippen LogP) is 1.43. The Balaban J connectivity index is 1.71. The molecule has 1 aromatic carbocycles. The SMILES string of the molecule is Cc1cc(NC(=O)CNC(=O)COc2ccccc2C)no1. The molecule has 0 bridgehead atoms. The molecule has 2 rings (SSSR count). The van der Waals surface area contributed by atoms with Crippen molar-refractivity contribution in [3.8, 4) is 5.75 Å². The lowest BCUT2D eigenvalue weighted by Gasteiger charge is -2.09. The topological polar surface area (TPSA) is 93.5 Å². The predicted molar refractivity (Wildman–Crippen MR) is 79.6 cm³/mol. The first kappa shape index (κ1) is 15.6. The van der Waals surface area contributed by atoms with Crippen LogP contribution in [0.2, 0.25) is 0 Å². The van der Waals surface area contributed by atoms with Crippen molar-refractivity contribution in [2.45, 2.75) is 13.8 Å². The molecule has 0 atom stereocenters. The second-order valence-corrected chi connectivity index (χ2v) is 4.70. The summed E-state index contributed by atoms with van der Waals surface area (Å²) in [6.45, 7) is 3.29. The Morgan fingerprint density at radius 1 is 1.23 bits per heavy atom. The number of ether oxygens (including phenoxy) is 1. The largest absolute Gasteiger partial charge is 0.484 e. The lowest BCUT2D eigenvalue weighted by molar-refractivity contribution is -0.125. The van der Waals surface area contributed by atoms with Gasteiger partial charge >= 0.3 is 0 Å². The van der Waals surface area contributed by atoms with Crippen molar-refractivity contribution in [3.63, 3.8) is 0 Å². The van der Waals surface area contributed by atoms with Gasteiger partial charge < -0.3 is 19.9 Å². The molecule has 1 heterocycles. The number of nitrogens with one attached hydrogen (secondary N) is 2. The summed E-state index contributed by atoms with van der Waals surface area (Å²) in [5, 5.41) is 8.59. The summed E-state index contributed by atoms with van der Waals surface area (Å²) in [4.78, 5) is 23.2. The molecule has 2 N–H and O–H groups in total. The van der Waals surface area contributed by atoms with Crippen molar-refractivity contribution in [1.29, 1.82) is 0 Å². The van der Waals surface area contributed by atoms with Crippen LogP contribution in [0.5, 0.6) is 5.75 Å². The summed E-state index contributed by atoms with van der Waals surface area (Å²) in [6, 6.07) is 8.97. The molecule has 0 aliphatic heterocycles. The maximum absolute atomic E-state index is 11.6. The Labute approximate surface area is 127 Å². The van der Waals surface area contributed by atoms with Crippen LogP contribution >= 0.6 is 0 Å². The average Bonchev–Trinajstić information content (AvgIpc) is 2.89. The maximum Gasteiger partial charge on any atom is 0.258 e. The Bertz CT molecular complexity index is 666. The number of nitrogens with zero attached hydrogens (tertiary/aromatic N) is 1. The lowest BCUT2D eigenvalue weighted by Crippen LogP contribution is -2.35. The van der Waals surface area contributed by atoms with Crippen LogP contribution in [-0.4, -0.2) is 30.1 Å². The first-order valence-electron chi connectivity index (χ1n) is 6.73. The van der Waals surface area contributed by atoms with Crippen LogP contribution in [0.1, 0.15) is 11.3 Å². The molecule has 0 saturated carbocycles. The van der Waals surface area contributed by atoms with Crippen LogP contribution in [0.15, 0.2) is 34.9 Å². The zero-order valence-electron chi connectivity index (χ0n) is 12.4. The summed E-state index contributed by atoms with van der Waals surface area (Å²) in [6.07, 6.45) is 0. The van der Waals surface area contributed by atoms with Gasteiger partial charge in [0.2, 0.25) is 5.91 Å². The van der Waals surface area contributed by atoms with Crippen LogP contribution < -0.4 is 15.4 Å². The minimum absolute atomic E-state index is 0.152. The number of rotatable bonds is 6. The minimum Gasteiger partial charge on any atom is -0.484 e. The number of aromatic nitrogens is 1. The molecular weight excluding hydrogens is 286 g/mol. The molecule has 7 heteroatoms. The maximum atomic E-state index is 11.6. The summed E-state index contributed by atoms with van der Waals surface area (Å²) < 4.78 is 10.2. The van der Waals surface area contributed by atoms with E-state index in [4.69, 9.17) is 9.26 Å². The number of amides is 2. The molecule has 22 heavy (non-hydrogen) atoms. The fourth-order valence-electron chi connectivity index (χ4n) is 1.70. The monoisotopic (exact) mass is 303 g/mol. The standard InChI is InChI=1S/C15H17N3O4/c1-10-5-3-4-6-12(10)21-9-15(20)16-8-14(19)17-13-7-11(2)22-18-13/h3-7H,8-9H2,1-2H3,(H,16,20)(H,17,18,19). The first-order valence-corrected chi connectivity index (χ1v) is 6.73. The van der Waals surface area contributed by atoms with E-state index in [1.54, 1.807) is 19.1 Å². The highest BCUT2D eigenvalue weighted by Crippen LogP contribution is 2.15. The van der Waals surface area contributed by atoms with Crippen LogP contribution in [-0.2, 0) is 9.59 Å². The van der Waals surface area contributed by atoms with Crippen molar-refractivity contribution in [2.75, 3.05) is 18.5 Å². The normalized spacial score (nSPS) is 10.1. The van der Waals surface area contributed by atoms with Gasteiger partial charge in [-0.05, 0) is 25.5 Å². The Morgan fingerprint density at radius 3 is 2.68 bits per heavy atom. The first-order chi connectivity index (χ1) is 10.5. The van der Waals surface area contributed by atoms with Gasteiger partial charge in [0, 0.05) is 6.07 Å². The summed E-state index contributed by atoms with van der Waals surface area (Å²) in [5.74, 6) is 0.770. The number of carbonyl (C=O) groups excluding carboxylic acids is 2. The third kappa shape index (κ3) is 4.62. The summed E-state index contributed by atoms with van der Waals surface area (Å²) >= 11 is 0. The number of para-hydroxylation sites is 1. The minimum atomic E-state index is -0.391. The van der Waals surface area contributed by atoms with Gasteiger partial charge in [-0.1, -0.05) is 23.4 Å². The van der Waals surface area contributed by atoms with E-state index in [2.05, 4.69) is 15.8 Å². The number of benzene rings is 1. The number of aryl methyl sites for hydroxylation is 2. The van der Waals surface area contributed by atoms with E-state index in [1.807, 2.05) is 25.1 Å². The van der Waals surface area contributed by atoms with E-state index in [1.165, 1.54) is 0 Å². The molecule has 7 nitrogen and oxygen atoms in total. The Kier molecular flexibility index (Phi) is 5.13. The van der Waals surface area contributed by atoms with Crippen molar-refractivity contribution in [3.05, 3.63) is 41.7 Å². The van der Waals surface area contributed by atoms with Crippen LogP contribution in [0, 0.1) is 13.8 Å². The smallest absolute Gasteiger partial charge is 0.258 e. The van der Waals surface area contributed by atoms with E-state index < -0.39 is 5.91 Å². The van der Waals surface area contributed by atoms with Gasteiger partial charge in [0.05, 0.1) is 6.54 Å². The van der Waals surface area contributed by atoms with E-state index in [9.17, 15) is 9.59 Å². The van der Waals surface area contributed by atoms with Crippen LogP contribution in [0.3, 0.4) is 0 Å². The van der Waals surface area contributed by atoms with E-state index >= 15 is 0 Å². The second kappa shape index (κ2) is 7.26. The fourth-order valence-corrected chi connectivity index (χ4v) is 1.70. The number of anilines is 1. The Hall–Kier alpha value is -2.83. The molecule has 0 saturated heterocycles. The highest BCUT2D eigenvalue weighted by molar-refractivity contribution is 5.93. The average molecular weight is 303 g/mol. The molecule has 116 valence electrons. The van der Waals surface area contributed by atoms with Gasteiger partial charge in [0.1, 0.15) is 11.5 Å². The van der Waals surface area contributed by atoms with Crippen molar-refractivity contribution < 1.29 is 18.8 Å². The molecule has 0 unspecified atom stereocenters. The van der Waals surface area contributed by atoms with E-state index in [-0.39, 0.29) is 19.1 Å². The van der Waals surface area contributed by atoms with Crippen molar-refractivity contribution >= 4 is 17.6 Å². The molecule has 0 spiro atoms. The van der Waals surface area contributed by atoms with Crippen molar-refractivity contribution in [2.24, 2.45) is 0 Å². The number of hydrogen-bond acceptors (Lipinski definition) is 5. The quantitative estimate of drug-likeness (QED) is 0.842. The third-order valence-electron chi connectivity index (χ3n) is 2.79. The molecule has 1 aromatic heterocycles. The van der Waals surface area contributed by atoms with Crippen molar-refractivity contribution in [1.82, 2.24) is 10.5 Å². The van der Waals surface area contributed by atoms with Crippen LogP contribution in [0.4, 0.5) is 5.82 Å².